The third-order valence-electron chi connectivity index (χ3n) is 2.51. The summed E-state index contributed by atoms with van der Waals surface area (Å²) in [6.45, 7) is 1.84. The largest absolute Gasteiger partial charge is 0.329 e. The molecule has 0 saturated heterocycles. The van der Waals surface area contributed by atoms with Crippen molar-refractivity contribution in [2.24, 2.45) is 7.05 Å². The Balaban J connectivity index is 2.60. The molecule has 2 aromatic rings. The molecule has 0 bridgehead atoms. The molecule has 0 spiro atoms. The van der Waals surface area contributed by atoms with Crippen LogP contribution < -0.4 is 0 Å². The fourth-order valence-corrected chi connectivity index (χ4v) is 1.70. The molecule has 0 saturated carbocycles. The minimum absolute atomic E-state index is 0.0426. The first-order chi connectivity index (χ1) is 7.99. The maximum absolute atomic E-state index is 12.6. The van der Waals surface area contributed by atoms with Crippen molar-refractivity contribution in [3.8, 4) is 11.3 Å². The molecule has 0 fully saturated rings. The van der Waals surface area contributed by atoms with Gasteiger partial charge in [0.15, 0.2) is 4.77 Å². The predicted octanol–water partition coefficient (Wildman–Crippen LogP) is 2.79. The van der Waals surface area contributed by atoms with E-state index in [1.807, 2.05) is 6.92 Å². The van der Waals surface area contributed by atoms with Gasteiger partial charge in [-0.25, -0.2) is 13.8 Å². The maximum atomic E-state index is 12.6. The van der Waals surface area contributed by atoms with E-state index in [0.717, 1.165) is 5.69 Å². The monoisotopic (exact) mass is 256 g/mol. The van der Waals surface area contributed by atoms with Crippen LogP contribution in [0.15, 0.2) is 12.3 Å². The molecule has 0 aliphatic rings. The second-order valence-corrected chi connectivity index (χ2v) is 3.98. The van der Waals surface area contributed by atoms with Crippen molar-refractivity contribution in [3.63, 3.8) is 0 Å². The molecule has 17 heavy (non-hydrogen) atoms. The summed E-state index contributed by atoms with van der Waals surface area (Å²) < 4.78 is 26.9. The van der Waals surface area contributed by atoms with Crippen LogP contribution in [0.4, 0.5) is 8.78 Å². The van der Waals surface area contributed by atoms with E-state index in [0.29, 0.717) is 11.3 Å². The van der Waals surface area contributed by atoms with Gasteiger partial charge in [-0.05, 0) is 25.2 Å². The van der Waals surface area contributed by atoms with Gasteiger partial charge in [-0.1, -0.05) is 0 Å². The number of rotatable bonds is 2. The number of hydrogen-bond acceptors (Lipinski definition) is 3. The SMILES string of the molecule is Cc1c(-c2cc(C(F)F)[nH]c(=S)n2)cnn1C. The number of alkyl halides is 2. The maximum Gasteiger partial charge on any atom is 0.278 e. The normalized spacial score (nSPS) is 11.1. The van der Waals surface area contributed by atoms with Crippen LogP contribution in [0, 0.1) is 11.7 Å². The lowest BCUT2D eigenvalue weighted by Gasteiger charge is -2.04. The third-order valence-corrected chi connectivity index (χ3v) is 2.71. The Morgan fingerprint density at radius 3 is 2.71 bits per heavy atom. The molecule has 0 aromatic carbocycles. The second kappa shape index (κ2) is 4.33. The van der Waals surface area contributed by atoms with Crippen LogP contribution in [-0.2, 0) is 7.05 Å². The zero-order valence-corrected chi connectivity index (χ0v) is 10.1. The standard InChI is InChI=1S/C10H10F2N4S/c1-5-6(4-13-16(5)2)7-3-8(9(11)12)15-10(17)14-7/h3-4,9H,1-2H3,(H,14,15,17). The van der Waals surface area contributed by atoms with Crippen molar-refractivity contribution in [2.45, 2.75) is 13.3 Å². The minimum Gasteiger partial charge on any atom is -0.329 e. The zero-order valence-electron chi connectivity index (χ0n) is 9.24. The first kappa shape index (κ1) is 11.8. The molecule has 0 atom stereocenters. The van der Waals surface area contributed by atoms with Crippen molar-refractivity contribution in [1.82, 2.24) is 19.7 Å². The van der Waals surface area contributed by atoms with Gasteiger partial charge in [-0.3, -0.25) is 4.68 Å². The molecule has 2 aromatic heterocycles. The number of aryl methyl sites for hydroxylation is 1. The smallest absolute Gasteiger partial charge is 0.278 e. The number of halogens is 2. The molecule has 4 nitrogen and oxygen atoms in total. The topological polar surface area (TPSA) is 46.5 Å². The molecular weight excluding hydrogens is 246 g/mol. The summed E-state index contributed by atoms with van der Waals surface area (Å²) in [5.74, 6) is 0. The molecule has 2 heterocycles. The van der Waals surface area contributed by atoms with E-state index in [-0.39, 0.29) is 10.5 Å². The lowest BCUT2D eigenvalue weighted by Crippen LogP contribution is -1.97. The van der Waals surface area contributed by atoms with Crippen molar-refractivity contribution in [3.05, 3.63) is 28.4 Å². The number of nitrogens with one attached hydrogen (secondary N) is 1. The lowest BCUT2D eigenvalue weighted by atomic mass is 10.1. The molecule has 0 amide bonds. The van der Waals surface area contributed by atoms with Gasteiger partial charge in [0.2, 0.25) is 0 Å². The lowest BCUT2D eigenvalue weighted by molar-refractivity contribution is 0.146. The van der Waals surface area contributed by atoms with Crippen LogP contribution in [-0.4, -0.2) is 19.7 Å². The average molecular weight is 256 g/mol. The molecule has 0 unspecified atom stereocenters. The molecule has 7 heteroatoms. The van der Waals surface area contributed by atoms with Gasteiger partial charge in [-0.2, -0.15) is 5.10 Å². The summed E-state index contributed by atoms with van der Waals surface area (Å²) in [5.41, 5.74) is 1.73. The number of H-pyrrole nitrogens is 1. The highest BCUT2D eigenvalue weighted by molar-refractivity contribution is 7.71. The fraction of sp³-hybridized carbons (Fsp3) is 0.300. The van der Waals surface area contributed by atoms with E-state index in [9.17, 15) is 8.78 Å². The summed E-state index contributed by atoms with van der Waals surface area (Å²) in [6, 6.07) is 1.30. The van der Waals surface area contributed by atoms with Crippen LogP contribution >= 0.6 is 12.2 Å². The molecule has 0 aliphatic heterocycles. The van der Waals surface area contributed by atoms with Crippen LogP contribution in [0.5, 0.6) is 0 Å². The van der Waals surface area contributed by atoms with Crippen molar-refractivity contribution < 1.29 is 8.78 Å². The highest BCUT2D eigenvalue weighted by atomic mass is 32.1. The Hall–Kier alpha value is -1.63. The Labute approximate surface area is 101 Å². The van der Waals surface area contributed by atoms with E-state index in [2.05, 4.69) is 15.1 Å². The second-order valence-electron chi connectivity index (χ2n) is 3.59. The van der Waals surface area contributed by atoms with Crippen LogP contribution in [0.1, 0.15) is 17.8 Å². The molecule has 0 radical (unpaired) electrons. The van der Waals surface area contributed by atoms with Gasteiger partial charge in [-0.15, -0.1) is 0 Å². The zero-order chi connectivity index (χ0) is 12.6. The van der Waals surface area contributed by atoms with Gasteiger partial charge in [0, 0.05) is 18.3 Å². The highest BCUT2D eigenvalue weighted by Gasteiger charge is 2.13. The summed E-state index contributed by atoms with van der Waals surface area (Å²) in [4.78, 5) is 6.40. The van der Waals surface area contributed by atoms with Crippen molar-refractivity contribution in [2.75, 3.05) is 0 Å². The number of aromatic amines is 1. The number of hydrogen-bond donors (Lipinski definition) is 1. The van der Waals surface area contributed by atoms with E-state index >= 15 is 0 Å². The Kier molecular flexibility index (Phi) is 3.01. The van der Waals surface area contributed by atoms with Gasteiger partial charge >= 0.3 is 0 Å². The quantitative estimate of drug-likeness (QED) is 0.840. The van der Waals surface area contributed by atoms with Crippen LogP contribution in [0.2, 0.25) is 0 Å². The Bertz CT molecular complexity index is 603. The molecule has 0 aliphatic carbocycles. The molecule has 2 rings (SSSR count). The first-order valence-electron chi connectivity index (χ1n) is 4.87. The summed E-state index contributed by atoms with van der Waals surface area (Å²) in [7, 11) is 1.77. The Morgan fingerprint density at radius 1 is 1.47 bits per heavy atom. The molecular formula is C10H10F2N4S. The van der Waals surface area contributed by atoms with Crippen molar-refractivity contribution in [1.29, 1.82) is 0 Å². The summed E-state index contributed by atoms with van der Waals surface area (Å²) in [6.07, 6.45) is -1.02. The van der Waals surface area contributed by atoms with E-state index in [1.165, 1.54) is 6.07 Å². The predicted molar refractivity (Wildman–Crippen MR) is 61.3 cm³/mol. The Morgan fingerprint density at radius 2 is 2.18 bits per heavy atom. The van der Waals surface area contributed by atoms with Gasteiger partial charge in [0.1, 0.15) is 0 Å². The van der Waals surface area contributed by atoms with Crippen molar-refractivity contribution >= 4 is 12.2 Å². The van der Waals surface area contributed by atoms with Crippen LogP contribution in [0.25, 0.3) is 11.3 Å². The van der Waals surface area contributed by atoms with Gasteiger partial charge < -0.3 is 4.98 Å². The fourth-order valence-electron chi connectivity index (χ4n) is 1.48. The number of aromatic nitrogens is 4. The van der Waals surface area contributed by atoms with Gasteiger partial charge in [0.25, 0.3) is 6.43 Å². The van der Waals surface area contributed by atoms with Gasteiger partial charge in [0.05, 0.1) is 17.6 Å². The van der Waals surface area contributed by atoms with Crippen LogP contribution in [0.3, 0.4) is 0 Å². The minimum atomic E-state index is -2.60. The van der Waals surface area contributed by atoms with E-state index in [4.69, 9.17) is 12.2 Å². The summed E-state index contributed by atoms with van der Waals surface area (Å²) >= 11 is 4.83. The summed E-state index contributed by atoms with van der Waals surface area (Å²) in [5, 5.41) is 4.04. The van der Waals surface area contributed by atoms with E-state index < -0.39 is 6.43 Å². The first-order valence-corrected chi connectivity index (χ1v) is 5.28. The molecule has 90 valence electrons. The highest BCUT2D eigenvalue weighted by Crippen LogP contribution is 2.24. The average Bonchev–Trinajstić information content (AvgIpc) is 2.59. The molecule has 1 N–H and O–H groups in total. The number of nitrogens with zero attached hydrogens (tertiary/aromatic N) is 3. The van der Waals surface area contributed by atoms with E-state index in [1.54, 1.807) is 17.9 Å². The third kappa shape index (κ3) is 2.23.